The lowest BCUT2D eigenvalue weighted by Crippen LogP contribution is -2.42. The molecule has 188 valence electrons. The number of hydrogen-bond donors (Lipinski definition) is 2. The summed E-state index contributed by atoms with van der Waals surface area (Å²) in [6.07, 6.45) is 1.72. The molecule has 9 heteroatoms. The normalized spacial score (nSPS) is 11.0. The number of amides is 1. The van der Waals surface area contributed by atoms with Gasteiger partial charge in [0.05, 0.1) is 39.8 Å². The average molecular weight is 511 g/mol. The van der Waals surface area contributed by atoms with Crippen LogP contribution in [-0.4, -0.2) is 25.8 Å². The van der Waals surface area contributed by atoms with Crippen molar-refractivity contribution in [2.75, 3.05) is 5.73 Å². The molecule has 0 aliphatic heterocycles. The molecular weight excluding hydrogens is 488 g/mol. The monoisotopic (exact) mass is 510 g/mol. The number of anilines is 1. The Morgan fingerprint density at radius 3 is 2.44 bits per heavy atom. The number of nitriles is 2. The SMILES string of the molecule is CC(C)(NC(=O)c1nc(-c2ccc3ncccc3c2)c(-c2cccc(C#N)c2)nc1N)c1cccc(C#N)n1. The minimum Gasteiger partial charge on any atom is -0.382 e. The fourth-order valence-electron chi connectivity index (χ4n) is 4.23. The molecule has 0 bridgehead atoms. The van der Waals surface area contributed by atoms with E-state index in [1.165, 1.54) is 0 Å². The van der Waals surface area contributed by atoms with Gasteiger partial charge in [-0.05, 0) is 56.3 Å². The predicted octanol–water partition coefficient (Wildman–Crippen LogP) is 4.74. The molecule has 0 atom stereocenters. The molecule has 0 fully saturated rings. The Labute approximate surface area is 224 Å². The number of nitrogens with two attached hydrogens (primary N) is 1. The zero-order chi connectivity index (χ0) is 27.6. The van der Waals surface area contributed by atoms with E-state index in [9.17, 15) is 15.3 Å². The maximum Gasteiger partial charge on any atom is 0.274 e. The quantitative estimate of drug-likeness (QED) is 0.343. The zero-order valence-corrected chi connectivity index (χ0v) is 21.2. The van der Waals surface area contributed by atoms with Crippen molar-refractivity contribution in [2.45, 2.75) is 19.4 Å². The van der Waals surface area contributed by atoms with E-state index in [4.69, 9.17) is 10.7 Å². The molecule has 5 aromatic rings. The van der Waals surface area contributed by atoms with Crippen LogP contribution in [0, 0.1) is 22.7 Å². The molecule has 39 heavy (non-hydrogen) atoms. The molecule has 3 heterocycles. The van der Waals surface area contributed by atoms with Crippen molar-refractivity contribution in [3.63, 3.8) is 0 Å². The third-order valence-electron chi connectivity index (χ3n) is 6.21. The largest absolute Gasteiger partial charge is 0.382 e. The number of nitrogen functional groups attached to an aromatic ring is 1. The highest BCUT2D eigenvalue weighted by Gasteiger charge is 2.28. The van der Waals surface area contributed by atoms with E-state index < -0.39 is 11.4 Å². The van der Waals surface area contributed by atoms with Gasteiger partial charge in [-0.15, -0.1) is 0 Å². The van der Waals surface area contributed by atoms with E-state index in [0.29, 0.717) is 33.8 Å². The van der Waals surface area contributed by atoms with Crippen LogP contribution in [0.5, 0.6) is 0 Å². The number of benzene rings is 2. The van der Waals surface area contributed by atoms with Crippen molar-refractivity contribution in [3.8, 4) is 34.7 Å². The molecule has 0 radical (unpaired) electrons. The van der Waals surface area contributed by atoms with Crippen LogP contribution in [0.4, 0.5) is 5.82 Å². The Kier molecular flexibility index (Phi) is 6.41. The molecule has 0 aliphatic rings. The van der Waals surface area contributed by atoms with Gasteiger partial charge in [0.25, 0.3) is 5.91 Å². The smallest absolute Gasteiger partial charge is 0.274 e. The highest BCUT2D eigenvalue weighted by Crippen LogP contribution is 2.33. The second kappa shape index (κ2) is 10.0. The lowest BCUT2D eigenvalue weighted by Gasteiger charge is -2.26. The van der Waals surface area contributed by atoms with Gasteiger partial charge < -0.3 is 11.1 Å². The van der Waals surface area contributed by atoms with Crippen LogP contribution >= 0.6 is 0 Å². The number of carbonyl (C=O) groups excluding carboxylic acids is 1. The van der Waals surface area contributed by atoms with E-state index in [1.54, 1.807) is 56.4 Å². The van der Waals surface area contributed by atoms with E-state index in [2.05, 4.69) is 26.3 Å². The Morgan fingerprint density at radius 2 is 1.64 bits per heavy atom. The van der Waals surface area contributed by atoms with Gasteiger partial charge in [-0.3, -0.25) is 9.78 Å². The van der Waals surface area contributed by atoms with E-state index >= 15 is 0 Å². The van der Waals surface area contributed by atoms with Crippen LogP contribution in [0.3, 0.4) is 0 Å². The molecule has 2 aromatic carbocycles. The molecule has 0 saturated heterocycles. The van der Waals surface area contributed by atoms with Crippen LogP contribution in [0.2, 0.25) is 0 Å². The first-order valence-corrected chi connectivity index (χ1v) is 12.0. The number of carbonyl (C=O) groups is 1. The van der Waals surface area contributed by atoms with Crippen LogP contribution in [0.25, 0.3) is 33.4 Å². The second-order valence-corrected chi connectivity index (χ2v) is 9.36. The van der Waals surface area contributed by atoms with Gasteiger partial charge in [0.2, 0.25) is 0 Å². The Hall–Kier alpha value is -5.67. The number of hydrogen-bond acceptors (Lipinski definition) is 8. The fourth-order valence-corrected chi connectivity index (χ4v) is 4.23. The highest BCUT2D eigenvalue weighted by molar-refractivity contribution is 5.99. The maximum atomic E-state index is 13.5. The lowest BCUT2D eigenvalue weighted by atomic mass is 9.98. The third-order valence-corrected chi connectivity index (χ3v) is 6.21. The van der Waals surface area contributed by atoms with Crippen molar-refractivity contribution < 1.29 is 4.79 Å². The van der Waals surface area contributed by atoms with Gasteiger partial charge in [0.15, 0.2) is 11.5 Å². The summed E-state index contributed by atoms with van der Waals surface area (Å²) in [5.41, 5.74) is 9.53. The molecule has 9 nitrogen and oxygen atoms in total. The molecule has 0 unspecified atom stereocenters. The molecule has 0 saturated carbocycles. The van der Waals surface area contributed by atoms with Gasteiger partial charge in [0.1, 0.15) is 11.8 Å². The Balaban J connectivity index is 1.63. The van der Waals surface area contributed by atoms with Gasteiger partial charge in [-0.25, -0.2) is 15.0 Å². The summed E-state index contributed by atoms with van der Waals surface area (Å²) in [6.45, 7) is 3.55. The number of nitrogens with zero attached hydrogens (tertiary/aromatic N) is 6. The van der Waals surface area contributed by atoms with Gasteiger partial charge in [0, 0.05) is 22.7 Å². The summed E-state index contributed by atoms with van der Waals surface area (Å²) in [4.78, 5) is 31.5. The van der Waals surface area contributed by atoms with Crippen LogP contribution in [-0.2, 0) is 5.54 Å². The van der Waals surface area contributed by atoms with Gasteiger partial charge >= 0.3 is 0 Å². The van der Waals surface area contributed by atoms with Crippen molar-refractivity contribution in [1.82, 2.24) is 25.3 Å². The number of pyridine rings is 2. The zero-order valence-electron chi connectivity index (χ0n) is 21.2. The maximum absolute atomic E-state index is 13.5. The third kappa shape index (κ3) is 4.97. The molecule has 0 spiro atoms. The lowest BCUT2D eigenvalue weighted by molar-refractivity contribution is 0.0906. The predicted molar refractivity (Wildman–Crippen MR) is 147 cm³/mol. The summed E-state index contributed by atoms with van der Waals surface area (Å²) >= 11 is 0. The van der Waals surface area contributed by atoms with Crippen molar-refractivity contribution in [2.24, 2.45) is 0 Å². The van der Waals surface area contributed by atoms with E-state index in [1.807, 2.05) is 42.5 Å². The first-order valence-electron chi connectivity index (χ1n) is 12.0. The molecule has 0 aliphatic carbocycles. The second-order valence-electron chi connectivity index (χ2n) is 9.36. The Morgan fingerprint density at radius 1 is 0.872 bits per heavy atom. The first kappa shape index (κ1) is 25.0. The molecule has 3 aromatic heterocycles. The summed E-state index contributed by atoms with van der Waals surface area (Å²) < 4.78 is 0. The summed E-state index contributed by atoms with van der Waals surface area (Å²) in [5.74, 6) is -0.610. The number of aromatic nitrogens is 4. The average Bonchev–Trinajstić information content (AvgIpc) is 2.96. The minimum absolute atomic E-state index is 0.0546. The van der Waals surface area contributed by atoms with Gasteiger partial charge in [-0.2, -0.15) is 10.5 Å². The highest BCUT2D eigenvalue weighted by atomic mass is 16.2. The van der Waals surface area contributed by atoms with Crippen molar-refractivity contribution in [1.29, 1.82) is 10.5 Å². The van der Waals surface area contributed by atoms with Crippen LogP contribution in [0.1, 0.15) is 41.3 Å². The number of fused-ring (bicyclic) bond motifs is 1. The molecule has 3 N–H and O–H groups in total. The summed E-state index contributed by atoms with van der Waals surface area (Å²) in [6, 6.07) is 25.6. The molecular formula is C30H22N8O. The molecule has 1 amide bonds. The number of rotatable bonds is 5. The fraction of sp³-hybridized carbons (Fsp3) is 0.100. The number of nitrogens with one attached hydrogen (secondary N) is 1. The van der Waals surface area contributed by atoms with Crippen LogP contribution in [0.15, 0.2) is 79.0 Å². The van der Waals surface area contributed by atoms with Gasteiger partial charge in [-0.1, -0.05) is 30.3 Å². The summed E-state index contributed by atoms with van der Waals surface area (Å²) in [5, 5.41) is 22.5. The van der Waals surface area contributed by atoms with E-state index in [-0.39, 0.29) is 17.2 Å². The van der Waals surface area contributed by atoms with Crippen molar-refractivity contribution in [3.05, 3.63) is 102 Å². The van der Waals surface area contributed by atoms with Crippen LogP contribution < -0.4 is 11.1 Å². The standard InChI is InChI=1S/C30H22N8O/c1-30(2,24-10-4-9-22(17-32)35-24)38-29(39)27-28(33)37-26(20-7-3-6-18(14-20)16-31)25(36-27)21-11-12-23-19(15-21)8-5-13-34-23/h3-15H,1-2H3,(H2,33,37)(H,38,39). The van der Waals surface area contributed by atoms with Crippen molar-refractivity contribution >= 4 is 22.6 Å². The topological polar surface area (TPSA) is 154 Å². The van der Waals surface area contributed by atoms with E-state index in [0.717, 1.165) is 10.9 Å². The molecule has 5 rings (SSSR count). The minimum atomic E-state index is -0.938. The first-order chi connectivity index (χ1) is 18.8. The summed E-state index contributed by atoms with van der Waals surface area (Å²) in [7, 11) is 0. The Bertz CT molecular complexity index is 1830.